The molecule has 0 aromatic rings. The SMILES string of the molecule is CCCCCC/C=C\C/C=C\CCCCCCCC(=O)OCC(COC(=O)CCCCCCC)OC(=O)CCCCCCCCCCCCCCCCC. The average molecular weight is 761 g/mol. The highest BCUT2D eigenvalue weighted by Crippen LogP contribution is 2.15. The lowest BCUT2D eigenvalue weighted by Crippen LogP contribution is -2.30. The number of carbonyl (C=O) groups is 3. The summed E-state index contributed by atoms with van der Waals surface area (Å²) in [6.45, 7) is 6.54. The molecule has 6 nitrogen and oxygen atoms in total. The summed E-state index contributed by atoms with van der Waals surface area (Å²) in [6, 6.07) is 0. The number of esters is 3. The molecule has 0 spiro atoms. The Labute approximate surface area is 334 Å². The summed E-state index contributed by atoms with van der Waals surface area (Å²) in [4.78, 5) is 37.5. The molecule has 54 heavy (non-hydrogen) atoms. The van der Waals surface area contributed by atoms with Crippen LogP contribution in [0.25, 0.3) is 0 Å². The quantitative estimate of drug-likeness (QED) is 0.0267. The Bertz CT molecular complexity index is 880. The van der Waals surface area contributed by atoms with Crippen LogP contribution in [0.15, 0.2) is 24.3 Å². The zero-order valence-corrected chi connectivity index (χ0v) is 36.0. The number of rotatable bonds is 42. The molecule has 0 heterocycles. The maximum absolute atomic E-state index is 12.7. The Morgan fingerprint density at radius 3 is 1.04 bits per heavy atom. The van der Waals surface area contributed by atoms with Gasteiger partial charge in [0.15, 0.2) is 6.10 Å². The van der Waals surface area contributed by atoms with Crippen LogP contribution < -0.4 is 0 Å². The summed E-state index contributed by atoms with van der Waals surface area (Å²) in [5.41, 5.74) is 0. The Morgan fingerprint density at radius 1 is 0.370 bits per heavy atom. The van der Waals surface area contributed by atoms with Gasteiger partial charge in [0.2, 0.25) is 0 Å². The van der Waals surface area contributed by atoms with Crippen molar-refractivity contribution in [2.24, 2.45) is 0 Å². The van der Waals surface area contributed by atoms with Crippen molar-refractivity contribution in [2.75, 3.05) is 13.2 Å². The van der Waals surface area contributed by atoms with Crippen molar-refractivity contribution in [1.29, 1.82) is 0 Å². The molecule has 0 bridgehead atoms. The fourth-order valence-corrected chi connectivity index (χ4v) is 6.65. The van der Waals surface area contributed by atoms with E-state index in [1.165, 1.54) is 122 Å². The summed E-state index contributed by atoms with van der Waals surface area (Å²) in [5, 5.41) is 0. The Hall–Kier alpha value is -2.11. The first-order chi connectivity index (χ1) is 26.5. The van der Waals surface area contributed by atoms with Gasteiger partial charge < -0.3 is 14.2 Å². The number of hydrogen-bond acceptors (Lipinski definition) is 6. The van der Waals surface area contributed by atoms with Crippen molar-refractivity contribution < 1.29 is 28.6 Å². The van der Waals surface area contributed by atoms with Crippen molar-refractivity contribution in [1.82, 2.24) is 0 Å². The molecule has 1 unspecified atom stereocenters. The maximum atomic E-state index is 12.7. The molecule has 0 saturated heterocycles. The molecule has 0 aliphatic heterocycles. The molecule has 0 aromatic heterocycles. The number of ether oxygens (including phenoxy) is 3. The summed E-state index contributed by atoms with van der Waals surface area (Å²) in [6.07, 6.45) is 47.6. The third-order valence-electron chi connectivity index (χ3n) is 10.2. The van der Waals surface area contributed by atoms with Crippen molar-refractivity contribution in [3.05, 3.63) is 24.3 Å². The maximum Gasteiger partial charge on any atom is 0.306 e. The zero-order chi connectivity index (χ0) is 39.4. The van der Waals surface area contributed by atoms with Crippen LogP contribution >= 0.6 is 0 Å². The first-order valence-corrected chi connectivity index (χ1v) is 23.3. The monoisotopic (exact) mass is 761 g/mol. The first kappa shape index (κ1) is 51.9. The minimum Gasteiger partial charge on any atom is -0.462 e. The van der Waals surface area contributed by atoms with Gasteiger partial charge in [-0.3, -0.25) is 14.4 Å². The van der Waals surface area contributed by atoms with Crippen LogP contribution in [0.2, 0.25) is 0 Å². The van der Waals surface area contributed by atoms with E-state index in [1.54, 1.807) is 0 Å². The fraction of sp³-hybridized carbons (Fsp3) is 0.854. The van der Waals surface area contributed by atoms with E-state index in [-0.39, 0.29) is 31.1 Å². The third-order valence-corrected chi connectivity index (χ3v) is 10.2. The van der Waals surface area contributed by atoms with Crippen molar-refractivity contribution in [3.63, 3.8) is 0 Å². The number of unbranched alkanes of at least 4 members (excludes halogenated alkanes) is 27. The largest absolute Gasteiger partial charge is 0.462 e. The topological polar surface area (TPSA) is 78.9 Å². The van der Waals surface area contributed by atoms with Crippen LogP contribution in [0.5, 0.6) is 0 Å². The molecule has 0 saturated carbocycles. The smallest absolute Gasteiger partial charge is 0.306 e. The molecule has 0 rings (SSSR count). The fourth-order valence-electron chi connectivity index (χ4n) is 6.65. The van der Waals surface area contributed by atoms with Gasteiger partial charge in [-0.2, -0.15) is 0 Å². The van der Waals surface area contributed by atoms with Gasteiger partial charge in [-0.15, -0.1) is 0 Å². The van der Waals surface area contributed by atoms with E-state index in [4.69, 9.17) is 14.2 Å². The van der Waals surface area contributed by atoms with Gasteiger partial charge >= 0.3 is 17.9 Å². The van der Waals surface area contributed by atoms with E-state index in [2.05, 4.69) is 45.1 Å². The number of hydrogen-bond donors (Lipinski definition) is 0. The van der Waals surface area contributed by atoms with Gasteiger partial charge in [-0.25, -0.2) is 0 Å². The van der Waals surface area contributed by atoms with E-state index in [0.717, 1.165) is 83.5 Å². The van der Waals surface area contributed by atoms with E-state index >= 15 is 0 Å². The second-order valence-corrected chi connectivity index (χ2v) is 15.7. The second-order valence-electron chi connectivity index (χ2n) is 15.7. The summed E-state index contributed by atoms with van der Waals surface area (Å²) >= 11 is 0. The van der Waals surface area contributed by atoms with Crippen molar-refractivity contribution in [3.8, 4) is 0 Å². The first-order valence-electron chi connectivity index (χ1n) is 23.3. The molecular formula is C48H88O6. The highest BCUT2D eigenvalue weighted by molar-refractivity contribution is 5.71. The zero-order valence-electron chi connectivity index (χ0n) is 36.0. The van der Waals surface area contributed by atoms with E-state index in [9.17, 15) is 14.4 Å². The normalized spacial score (nSPS) is 12.1. The molecule has 6 heteroatoms. The predicted octanol–water partition coefficient (Wildman–Crippen LogP) is 14.8. The molecule has 0 aromatic carbocycles. The highest BCUT2D eigenvalue weighted by atomic mass is 16.6. The average Bonchev–Trinajstić information content (AvgIpc) is 3.17. The Kier molecular flexibility index (Phi) is 41.9. The van der Waals surface area contributed by atoms with E-state index in [0.29, 0.717) is 19.3 Å². The molecule has 0 fully saturated rings. The van der Waals surface area contributed by atoms with Crippen LogP contribution in [-0.2, 0) is 28.6 Å². The van der Waals surface area contributed by atoms with Crippen LogP contribution in [-0.4, -0.2) is 37.2 Å². The van der Waals surface area contributed by atoms with E-state index < -0.39 is 6.10 Å². The van der Waals surface area contributed by atoms with Crippen LogP contribution in [0.1, 0.15) is 245 Å². The van der Waals surface area contributed by atoms with Crippen LogP contribution in [0.4, 0.5) is 0 Å². The molecule has 0 aliphatic carbocycles. The lowest BCUT2D eigenvalue weighted by Gasteiger charge is -2.18. The van der Waals surface area contributed by atoms with Crippen molar-refractivity contribution in [2.45, 2.75) is 252 Å². The second kappa shape index (κ2) is 43.6. The van der Waals surface area contributed by atoms with E-state index in [1.807, 2.05) is 0 Å². The van der Waals surface area contributed by atoms with Gasteiger partial charge in [0.1, 0.15) is 13.2 Å². The van der Waals surface area contributed by atoms with Crippen LogP contribution in [0, 0.1) is 0 Å². The molecule has 0 radical (unpaired) electrons. The highest BCUT2D eigenvalue weighted by Gasteiger charge is 2.19. The van der Waals surface area contributed by atoms with Gasteiger partial charge in [0.25, 0.3) is 0 Å². The molecule has 0 aliphatic rings. The van der Waals surface area contributed by atoms with Gasteiger partial charge in [0, 0.05) is 19.3 Å². The molecule has 0 N–H and O–H groups in total. The number of carbonyl (C=O) groups excluding carboxylic acids is 3. The molecule has 316 valence electrons. The minimum atomic E-state index is -0.767. The minimum absolute atomic E-state index is 0.0740. The van der Waals surface area contributed by atoms with Gasteiger partial charge in [-0.05, 0) is 51.4 Å². The van der Waals surface area contributed by atoms with Gasteiger partial charge in [-0.1, -0.05) is 199 Å². The van der Waals surface area contributed by atoms with Crippen molar-refractivity contribution >= 4 is 17.9 Å². The number of allylic oxidation sites excluding steroid dienone is 4. The Balaban J connectivity index is 4.21. The molecule has 1 atom stereocenters. The lowest BCUT2D eigenvalue weighted by atomic mass is 10.0. The predicted molar refractivity (Wildman–Crippen MR) is 229 cm³/mol. The Morgan fingerprint density at radius 2 is 0.667 bits per heavy atom. The van der Waals surface area contributed by atoms with Gasteiger partial charge in [0.05, 0.1) is 0 Å². The lowest BCUT2D eigenvalue weighted by molar-refractivity contribution is -0.167. The summed E-state index contributed by atoms with van der Waals surface area (Å²) in [5.74, 6) is -0.894. The molecule has 0 amide bonds. The molecular weight excluding hydrogens is 673 g/mol. The summed E-state index contributed by atoms with van der Waals surface area (Å²) < 4.78 is 16.6. The van der Waals surface area contributed by atoms with Crippen LogP contribution in [0.3, 0.4) is 0 Å². The summed E-state index contributed by atoms with van der Waals surface area (Å²) in [7, 11) is 0. The standard InChI is InChI=1S/C48H88O6/c1-4-7-10-13-15-17-19-21-23-25-26-28-30-32-35-38-41-47(50)53-44-45(43-52-46(49)40-37-34-12-9-6-3)54-48(51)42-39-36-33-31-29-27-24-22-20-18-16-14-11-8-5-2/h17,19,23,25,45H,4-16,18,20-22,24,26-44H2,1-3H3/b19-17-,25-23-. The third kappa shape index (κ3) is 41.1.